The topological polar surface area (TPSA) is 90.9 Å². The summed E-state index contributed by atoms with van der Waals surface area (Å²) in [5, 5.41) is 2.64. The number of carbonyl (C=O) groups excluding carboxylic acids is 3. The quantitative estimate of drug-likeness (QED) is 0.139. The van der Waals surface area contributed by atoms with Crippen LogP contribution in [0, 0.1) is 0 Å². The zero-order valence-corrected chi connectivity index (χ0v) is 20.6. The van der Waals surface area contributed by atoms with Gasteiger partial charge in [-0.05, 0) is 40.7 Å². The minimum atomic E-state index is -0.642. The van der Waals surface area contributed by atoms with E-state index in [9.17, 15) is 14.4 Å². The zero-order valence-electron chi connectivity index (χ0n) is 20.6. The maximum Gasteiger partial charge on any atom is 0.407 e. The van der Waals surface area contributed by atoms with Crippen molar-refractivity contribution in [1.29, 1.82) is 0 Å². The summed E-state index contributed by atoms with van der Waals surface area (Å²) in [4.78, 5) is 45.4. The van der Waals surface area contributed by atoms with Gasteiger partial charge in [0.05, 0.1) is 6.04 Å². The first-order chi connectivity index (χ1) is 18.2. The van der Waals surface area contributed by atoms with Crippen LogP contribution in [-0.4, -0.2) is 31.0 Å². The molecule has 0 unspecified atom stereocenters. The lowest BCUT2D eigenvalue weighted by Gasteiger charge is -2.16. The fraction of sp³-hybridized carbons (Fsp3) is 0.300. The van der Waals surface area contributed by atoms with Crippen LogP contribution in [0.15, 0.2) is 78.9 Å². The van der Waals surface area contributed by atoms with Gasteiger partial charge in [-0.2, -0.15) is 4.89 Å². The molecule has 1 aliphatic rings. The average molecular weight is 502 g/mol. The maximum absolute atomic E-state index is 12.4. The number of hydrogen-bond donors (Lipinski definition) is 1. The summed E-state index contributed by atoms with van der Waals surface area (Å²) >= 11 is 0. The largest absolute Gasteiger partial charge is 0.449 e. The van der Waals surface area contributed by atoms with E-state index in [4.69, 9.17) is 14.5 Å². The molecule has 0 saturated heterocycles. The van der Waals surface area contributed by atoms with Crippen LogP contribution in [0.2, 0.25) is 0 Å². The molecule has 7 heteroatoms. The Bertz CT molecular complexity index is 1150. The van der Waals surface area contributed by atoms with E-state index in [1.165, 1.54) is 0 Å². The molecule has 3 aromatic rings. The first-order valence-electron chi connectivity index (χ1n) is 12.6. The van der Waals surface area contributed by atoms with Gasteiger partial charge in [-0.1, -0.05) is 91.7 Å². The number of fused-ring (bicyclic) bond motifs is 3. The Morgan fingerprint density at radius 1 is 0.838 bits per heavy atom. The second-order valence-electron chi connectivity index (χ2n) is 9.01. The lowest BCUT2D eigenvalue weighted by Crippen LogP contribution is -2.37. The molecule has 192 valence electrons. The van der Waals surface area contributed by atoms with Crippen molar-refractivity contribution in [2.24, 2.45) is 0 Å². The first-order valence-corrected chi connectivity index (χ1v) is 12.6. The van der Waals surface area contributed by atoms with Crippen LogP contribution in [0.3, 0.4) is 0 Å². The molecule has 1 atom stereocenters. The molecular formula is C30H31NO6. The van der Waals surface area contributed by atoms with Crippen molar-refractivity contribution < 1.29 is 28.9 Å². The summed E-state index contributed by atoms with van der Waals surface area (Å²) in [6, 6.07) is 25.0. The number of amides is 1. The van der Waals surface area contributed by atoms with E-state index < -0.39 is 18.1 Å². The van der Waals surface area contributed by atoms with E-state index in [2.05, 4.69) is 29.6 Å². The molecule has 0 saturated carbocycles. The van der Waals surface area contributed by atoms with Crippen molar-refractivity contribution in [3.8, 4) is 11.1 Å². The summed E-state index contributed by atoms with van der Waals surface area (Å²) in [5.74, 6) is -0.469. The molecule has 0 spiro atoms. The normalized spacial score (nSPS) is 12.8. The number of unbranched alkanes of at least 4 members (excludes halogenated alkanes) is 2. The summed E-state index contributed by atoms with van der Waals surface area (Å²) < 4.78 is 5.52. The van der Waals surface area contributed by atoms with Crippen LogP contribution in [0.4, 0.5) is 4.79 Å². The summed E-state index contributed by atoms with van der Waals surface area (Å²) in [5.41, 5.74) is 5.49. The van der Waals surface area contributed by atoms with E-state index in [1.807, 2.05) is 54.6 Å². The predicted molar refractivity (Wildman–Crippen MR) is 138 cm³/mol. The first kappa shape index (κ1) is 26.1. The molecule has 1 N–H and O–H groups in total. The van der Waals surface area contributed by atoms with Gasteiger partial charge < -0.3 is 14.8 Å². The Labute approximate surface area is 216 Å². The van der Waals surface area contributed by atoms with Crippen molar-refractivity contribution in [2.45, 2.75) is 50.7 Å². The SMILES string of the molecule is O=C[C@@H](CCCCCC(=O)OOCc1ccccc1)NC(=O)OCC1c2ccccc2-c2ccccc21. The molecule has 0 aromatic heterocycles. The molecule has 37 heavy (non-hydrogen) atoms. The molecule has 4 rings (SSSR count). The van der Waals surface area contributed by atoms with Crippen molar-refractivity contribution in [1.82, 2.24) is 5.32 Å². The monoisotopic (exact) mass is 501 g/mol. The molecule has 0 fully saturated rings. The van der Waals surface area contributed by atoms with E-state index in [1.54, 1.807) is 0 Å². The van der Waals surface area contributed by atoms with Gasteiger partial charge in [-0.25, -0.2) is 9.59 Å². The van der Waals surface area contributed by atoms with Crippen molar-refractivity contribution in [3.05, 3.63) is 95.6 Å². The van der Waals surface area contributed by atoms with Gasteiger partial charge in [0, 0.05) is 12.3 Å². The zero-order chi connectivity index (χ0) is 25.9. The van der Waals surface area contributed by atoms with Gasteiger partial charge in [0.25, 0.3) is 0 Å². The van der Waals surface area contributed by atoms with Crippen LogP contribution in [0.25, 0.3) is 11.1 Å². The number of aldehydes is 1. The highest BCUT2D eigenvalue weighted by Crippen LogP contribution is 2.44. The summed E-state index contributed by atoms with van der Waals surface area (Å²) in [6.45, 7) is 0.398. The molecule has 1 aliphatic carbocycles. The number of nitrogens with one attached hydrogen (secondary N) is 1. The van der Waals surface area contributed by atoms with Crippen LogP contribution in [0.1, 0.15) is 54.7 Å². The predicted octanol–water partition coefficient (Wildman–Crippen LogP) is 5.72. The minimum Gasteiger partial charge on any atom is -0.449 e. The lowest BCUT2D eigenvalue weighted by molar-refractivity contribution is -0.280. The third-order valence-corrected chi connectivity index (χ3v) is 6.43. The fourth-order valence-electron chi connectivity index (χ4n) is 4.56. The molecule has 0 bridgehead atoms. The number of hydrogen-bond acceptors (Lipinski definition) is 6. The van der Waals surface area contributed by atoms with E-state index in [-0.39, 0.29) is 25.6 Å². The van der Waals surface area contributed by atoms with Gasteiger partial charge in [-0.3, -0.25) is 4.89 Å². The Hall–Kier alpha value is -3.97. The Morgan fingerprint density at radius 2 is 1.49 bits per heavy atom. The smallest absolute Gasteiger partial charge is 0.407 e. The highest BCUT2D eigenvalue weighted by atomic mass is 17.2. The summed E-state index contributed by atoms with van der Waals surface area (Å²) in [7, 11) is 0. The second-order valence-corrected chi connectivity index (χ2v) is 9.01. The minimum absolute atomic E-state index is 0.0377. The summed E-state index contributed by atoms with van der Waals surface area (Å²) in [6.07, 6.45) is 2.78. The van der Waals surface area contributed by atoms with Gasteiger partial charge in [-0.15, -0.1) is 0 Å². The Kier molecular flexibility index (Phi) is 9.43. The molecule has 3 aromatic carbocycles. The average Bonchev–Trinajstić information content (AvgIpc) is 3.25. The Balaban J connectivity index is 1.12. The number of rotatable bonds is 13. The molecule has 7 nitrogen and oxygen atoms in total. The van der Waals surface area contributed by atoms with Crippen molar-refractivity contribution in [2.75, 3.05) is 6.61 Å². The maximum atomic E-state index is 12.4. The number of benzene rings is 3. The van der Waals surface area contributed by atoms with Crippen molar-refractivity contribution in [3.63, 3.8) is 0 Å². The van der Waals surface area contributed by atoms with Crippen LogP contribution in [0.5, 0.6) is 0 Å². The fourth-order valence-corrected chi connectivity index (χ4v) is 4.56. The van der Waals surface area contributed by atoms with Crippen molar-refractivity contribution >= 4 is 18.3 Å². The molecule has 1 amide bonds. The van der Waals surface area contributed by atoms with E-state index >= 15 is 0 Å². The number of ether oxygens (including phenoxy) is 1. The number of alkyl carbamates (subject to hydrolysis) is 1. The van der Waals surface area contributed by atoms with Gasteiger partial charge in [0.2, 0.25) is 0 Å². The second kappa shape index (κ2) is 13.4. The standard InChI is InChI=1S/C30H31NO6/c32-19-23(13-5-2-6-18-29(33)37-36-20-22-11-3-1-4-12-22)31-30(34)35-21-28-26-16-9-7-14-24(26)25-15-8-10-17-27(25)28/h1,3-4,7-12,14-17,19,23,28H,2,5-6,13,18,20-21H2,(H,31,34)/t23-/m1/s1. The van der Waals surface area contributed by atoms with E-state index in [0.717, 1.165) is 27.8 Å². The van der Waals surface area contributed by atoms with Gasteiger partial charge in [0.1, 0.15) is 19.5 Å². The molecular weight excluding hydrogens is 470 g/mol. The molecule has 0 heterocycles. The van der Waals surface area contributed by atoms with Gasteiger partial charge in [0.15, 0.2) is 0 Å². The van der Waals surface area contributed by atoms with E-state index in [0.29, 0.717) is 32.0 Å². The molecule has 0 radical (unpaired) electrons. The molecule has 0 aliphatic heterocycles. The van der Waals surface area contributed by atoms with Gasteiger partial charge >= 0.3 is 12.1 Å². The number of carbonyl (C=O) groups is 3. The third-order valence-electron chi connectivity index (χ3n) is 6.43. The van der Waals surface area contributed by atoms with Crippen LogP contribution >= 0.6 is 0 Å². The van der Waals surface area contributed by atoms with Crippen LogP contribution in [-0.2, 0) is 30.7 Å². The third kappa shape index (κ3) is 7.27. The highest BCUT2D eigenvalue weighted by Gasteiger charge is 2.29. The van der Waals surface area contributed by atoms with Crippen LogP contribution < -0.4 is 5.32 Å². The Morgan fingerprint density at radius 3 is 2.16 bits per heavy atom. The lowest BCUT2D eigenvalue weighted by atomic mass is 9.98. The highest BCUT2D eigenvalue weighted by molar-refractivity contribution is 5.79.